The van der Waals surface area contributed by atoms with Crippen molar-refractivity contribution in [2.24, 2.45) is 9.98 Å². The van der Waals surface area contributed by atoms with E-state index in [0.29, 0.717) is 11.1 Å². The van der Waals surface area contributed by atoms with E-state index in [1.807, 2.05) is 48.5 Å². The van der Waals surface area contributed by atoms with Crippen LogP contribution in [0.4, 0.5) is 11.4 Å². The molecule has 0 heterocycles. The Bertz CT molecular complexity index is 1310. The molecule has 176 valence electrons. The fourth-order valence-corrected chi connectivity index (χ4v) is 4.96. The Morgan fingerprint density at radius 2 is 1.00 bits per heavy atom. The van der Waals surface area contributed by atoms with Crippen LogP contribution in [-0.2, 0) is 6.42 Å². The summed E-state index contributed by atoms with van der Waals surface area (Å²) >= 11 is 18.7. The lowest BCUT2D eigenvalue weighted by Gasteiger charge is -2.05. The molecule has 0 radical (unpaired) electrons. The number of hydrogen-bond donors (Lipinski definition) is 2. The number of hydrogen-bond acceptors (Lipinski definition) is 4. The summed E-state index contributed by atoms with van der Waals surface area (Å²) in [5.41, 5.74) is 4.89. The van der Waals surface area contributed by atoms with Gasteiger partial charge in [0.05, 0.1) is 21.4 Å². The Labute approximate surface area is 229 Å². The molecule has 0 saturated heterocycles. The summed E-state index contributed by atoms with van der Waals surface area (Å²) in [6.07, 6.45) is 3.93. The lowest BCUT2D eigenvalue weighted by atomic mass is 10.0. The van der Waals surface area contributed by atoms with Crippen molar-refractivity contribution in [3.8, 4) is 11.5 Å². The Morgan fingerprint density at radius 3 is 1.37 bits per heavy atom. The molecular weight excluding hydrogens is 615 g/mol. The zero-order valence-corrected chi connectivity index (χ0v) is 22.8. The van der Waals surface area contributed by atoms with Crippen LogP contribution in [0, 0.1) is 0 Å². The van der Waals surface area contributed by atoms with E-state index in [0.717, 1.165) is 37.9 Å². The van der Waals surface area contributed by atoms with E-state index in [4.69, 9.17) is 23.2 Å². The second-order valence-electron chi connectivity index (χ2n) is 7.68. The van der Waals surface area contributed by atoms with Crippen LogP contribution < -0.4 is 0 Å². The summed E-state index contributed by atoms with van der Waals surface area (Å²) in [5, 5.41) is 20.7. The second kappa shape index (κ2) is 11.4. The summed E-state index contributed by atoms with van der Waals surface area (Å²) in [6, 6.07) is 22.6. The molecule has 4 nitrogen and oxygen atoms in total. The SMILES string of the molecule is Oc1c(Cl)cc(Br)cc1C=Nc1ccc(Cc2ccc(N=Cc3cc(Br)cc(Cl)c3O)cc2)cc1. The minimum atomic E-state index is 0.000237. The molecule has 0 atom stereocenters. The number of phenols is 2. The minimum Gasteiger partial charge on any atom is -0.506 e. The first-order valence-electron chi connectivity index (χ1n) is 10.4. The Morgan fingerprint density at radius 1 is 0.629 bits per heavy atom. The predicted molar refractivity (Wildman–Crippen MR) is 152 cm³/mol. The molecule has 0 unspecified atom stereocenters. The quantitative estimate of drug-likeness (QED) is 0.208. The van der Waals surface area contributed by atoms with Crippen LogP contribution in [-0.4, -0.2) is 22.6 Å². The van der Waals surface area contributed by atoms with Crippen molar-refractivity contribution in [3.05, 3.63) is 114 Å². The van der Waals surface area contributed by atoms with E-state index < -0.39 is 0 Å². The first-order valence-corrected chi connectivity index (χ1v) is 12.7. The number of rotatable bonds is 6. The van der Waals surface area contributed by atoms with Crippen LogP contribution in [0.25, 0.3) is 0 Å². The normalized spacial score (nSPS) is 11.5. The van der Waals surface area contributed by atoms with Gasteiger partial charge in [-0.1, -0.05) is 79.3 Å². The van der Waals surface area contributed by atoms with Gasteiger partial charge in [-0.25, -0.2) is 0 Å². The topological polar surface area (TPSA) is 65.2 Å². The fraction of sp³-hybridized carbons (Fsp3) is 0.0370. The first kappa shape index (κ1) is 25.5. The molecule has 4 rings (SSSR count). The third-order valence-electron chi connectivity index (χ3n) is 5.10. The van der Waals surface area contributed by atoms with Crippen LogP contribution in [0.3, 0.4) is 0 Å². The summed E-state index contributed by atoms with van der Waals surface area (Å²) in [7, 11) is 0. The first-order chi connectivity index (χ1) is 16.8. The van der Waals surface area contributed by atoms with Crippen LogP contribution in [0.1, 0.15) is 22.3 Å². The molecule has 0 spiro atoms. The summed E-state index contributed by atoms with van der Waals surface area (Å²) in [5.74, 6) is 0.000475. The monoisotopic (exact) mass is 630 g/mol. The van der Waals surface area contributed by atoms with Gasteiger partial charge in [0.25, 0.3) is 0 Å². The highest BCUT2D eigenvalue weighted by atomic mass is 79.9. The minimum absolute atomic E-state index is 0.000237. The second-order valence-corrected chi connectivity index (χ2v) is 10.3. The number of nitrogens with zero attached hydrogens (tertiary/aromatic N) is 2. The van der Waals surface area contributed by atoms with E-state index in [1.54, 1.807) is 36.7 Å². The average Bonchev–Trinajstić information content (AvgIpc) is 2.83. The number of halogens is 4. The van der Waals surface area contributed by atoms with Gasteiger partial charge >= 0.3 is 0 Å². The van der Waals surface area contributed by atoms with Gasteiger partial charge in [0.1, 0.15) is 11.5 Å². The van der Waals surface area contributed by atoms with Crippen LogP contribution in [0.2, 0.25) is 10.0 Å². The van der Waals surface area contributed by atoms with Gasteiger partial charge in [-0.3, -0.25) is 9.98 Å². The van der Waals surface area contributed by atoms with Gasteiger partial charge in [0, 0.05) is 32.5 Å². The highest BCUT2D eigenvalue weighted by Crippen LogP contribution is 2.32. The maximum Gasteiger partial charge on any atom is 0.143 e. The largest absolute Gasteiger partial charge is 0.506 e. The van der Waals surface area contributed by atoms with Gasteiger partial charge in [0.15, 0.2) is 0 Å². The standard InChI is InChI=1S/C27H18Br2Cl2N2O2/c28-20-10-18(26(34)24(30)12-20)14-32-22-5-1-16(2-6-22)9-17-3-7-23(8-4-17)33-15-19-11-21(29)13-25(31)27(19)35/h1-8,10-15,34-35H,9H2. The van der Waals surface area contributed by atoms with Crippen molar-refractivity contribution in [3.63, 3.8) is 0 Å². The smallest absolute Gasteiger partial charge is 0.143 e. The molecular formula is C27H18Br2Cl2N2O2. The lowest BCUT2D eigenvalue weighted by Crippen LogP contribution is -1.88. The van der Waals surface area contributed by atoms with E-state index in [-0.39, 0.29) is 21.5 Å². The molecule has 0 aromatic heterocycles. The van der Waals surface area contributed by atoms with E-state index in [2.05, 4.69) is 41.8 Å². The van der Waals surface area contributed by atoms with Crippen molar-refractivity contribution in [1.82, 2.24) is 0 Å². The highest BCUT2D eigenvalue weighted by Gasteiger charge is 2.07. The summed E-state index contributed by atoms with van der Waals surface area (Å²) in [4.78, 5) is 8.86. The predicted octanol–water partition coefficient (Wildman–Crippen LogP) is 9.02. The van der Waals surface area contributed by atoms with Crippen molar-refractivity contribution in [2.75, 3.05) is 0 Å². The third kappa shape index (κ3) is 6.73. The van der Waals surface area contributed by atoms with Gasteiger partial charge in [-0.05, 0) is 66.1 Å². The molecule has 8 heteroatoms. The zero-order valence-electron chi connectivity index (χ0n) is 18.1. The van der Waals surface area contributed by atoms with Crippen LogP contribution >= 0.6 is 55.1 Å². The molecule has 4 aromatic rings. The summed E-state index contributed by atoms with van der Waals surface area (Å²) < 4.78 is 1.54. The molecule has 0 aliphatic carbocycles. The molecule has 0 fully saturated rings. The van der Waals surface area contributed by atoms with Crippen molar-refractivity contribution in [1.29, 1.82) is 0 Å². The van der Waals surface area contributed by atoms with E-state index in [1.165, 1.54) is 0 Å². The molecule has 0 amide bonds. The Hall–Kier alpha value is -2.64. The van der Waals surface area contributed by atoms with Gasteiger partial charge in [-0.2, -0.15) is 0 Å². The molecule has 0 saturated carbocycles. The van der Waals surface area contributed by atoms with Crippen LogP contribution in [0.5, 0.6) is 11.5 Å². The number of aliphatic imine (C=N–C) groups is 2. The van der Waals surface area contributed by atoms with E-state index >= 15 is 0 Å². The molecule has 35 heavy (non-hydrogen) atoms. The lowest BCUT2D eigenvalue weighted by molar-refractivity contribution is 0.474. The third-order valence-corrected chi connectivity index (χ3v) is 6.59. The number of phenolic OH excluding ortho intramolecular Hbond substituents is 2. The van der Waals surface area contributed by atoms with Crippen molar-refractivity contribution < 1.29 is 10.2 Å². The zero-order chi connectivity index (χ0) is 24.9. The maximum absolute atomic E-state index is 10.1. The molecule has 0 bridgehead atoms. The maximum atomic E-state index is 10.1. The van der Waals surface area contributed by atoms with E-state index in [9.17, 15) is 10.2 Å². The molecule has 0 aliphatic heterocycles. The molecule has 4 aromatic carbocycles. The molecule has 2 N–H and O–H groups in total. The van der Waals surface area contributed by atoms with Crippen molar-refractivity contribution >= 4 is 78.9 Å². The Kier molecular flexibility index (Phi) is 8.29. The number of benzene rings is 4. The average molecular weight is 633 g/mol. The Balaban J connectivity index is 1.40. The molecule has 0 aliphatic rings. The fourth-order valence-electron chi connectivity index (χ4n) is 3.29. The van der Waals surface area contributed by atoms with Gasteiger partial charge < -0.3 is 10.2 Å². The van der Waals surface area contributed by atoms with Gasteiger partial charge in [-0.15, -0.1) is 0 Å². The highest BCUT2D eigenvalue weighted by molar-refractivity contribution is 9.10. The van der Waals surface area contributed by atoms with Crippen LogP contribution in [0.15, 0.2) is 91.7 Å². The number of aromatic hydroxyl groups is 2. The van der Waals surface area contributed by atoms with Crippen molar-refractivity contribution in [2.45, 2.75) is 6.42 Å². The summed E-state index contributed by atoms with van der Waals surface area (Å²) in [6.45, 7) is 0. The van der Waals surface area contributed by atoms with Gasteiger partial charge in [0.2, 0.25) is 0 Å².